The molecule has 0 aliphatic heterocycles. The molecule has 0 bridgehead atoms. The van der Waals surface area contributed by atoms with E-state index in [1.807, 2.05) is 6.92 Å². The minimum Gasteiger partial charge on any atom is -0.272 e. The van der Waals surface area contributed by atoms with E-state index in [0.717, 1.165) is 31.0 Å². The second-order valence-electron chi connectivity index (χ2n) is 5.08. The summed E-state index contributed by atoms with van der Waals surface area (Å²) in [6.45, 7) is 6.17. The average molecular weight is 308 g/mol. The highest BCUT2D eigenvalue weighted by atomic mass is 16.6. The first-order chi connectivity index (χ1) is 10.4. The summed E-state index contributed by atoms with van der Waals surface area (Å²) in [5, 5.41) is 25.9. The van der Waals surface area contributed by atoms with Crippen molar-refractivity contribution in [3.05, 3.63) is 38.4 Å². The van der Waals surface area contributed by atoms with Crippen LogP contribution >= 0.6 is 0 Å². The van der Waals surface area contributed by atoms with Gasteiger partial charge in [-0.15, -0.1) is 0 Å². The number of nitrogens with zero attached hydrogens (tertiary/aromatic N) is 3. The first-order valence-corrected chi connectivity index (χ1v) is 7.13. The van der Waals surface area contributed by atoms with Crippen LogP contribution < -0.4 is 5.43 Å². The molecule has 0 heterocycles. The molecule has 0 saturated carbocycles. The highest BCUT2D eigenvalue weighted by Gasteiger charge is 2.19. The lowest BCUT2D eigenvalue weighted by Gasteiger charge is -2.10. The van der Waals surface area contributed by atoms with Crippen molar-refractivity contribution in [1.29, 1.82) is 0 Å². The van der Waals surface area contributed by atoms with Crippen molar-refractivity contribution in [3.63, 3.8) is 0 Å². The maximum Gasteiger partial charge on any atom is 0.301 e. The molecule has 8 heteroatoms. The molecule has 0 aliphatic carbocycles. The minimum absolute atomic E-state index is 0.144. The second-order valence-corrected chi connectivity index (χ2v) is 5.08. The van der Waals surface area contributed by atoms with Crippen molar-refractivity contribution < 1.29 is 9.85 Å². The summed E-state index contributed by atoms with van der Waals surface area (Å²) < 4.78 is 0. The van der Waals surface area contributed by atoms with E-state index in [-0.39, 0.29) is 17.1 Å². The van der Waals surface area contributed by atoms with Gasteiger partial charge in [-0.2, -0.15) is 5.10 Å². The fraction of sp³-hybridized carbons (Fsp3) is 0.500. The minimum atomic E-state index is -0.666. The summed E-state index contributed by atoms with van der Waals surface area (Å²) in [6, 6.07) is 3.44. The van der Waals surface area contributed by atoms with Crippen molar-refractivity contribution in [2.75, 3.05) is 5.43 Å². The van der Waals surface area contributed by atoms with Crippen LogP contribution in [0.3, 0.4) is 0 Å². The van der Waals surface area contributed by atoms with Gasteiger partial charge in [0.25, 0.3) is 5.69 Å². The molecule has 120 valence electrons. The number of hydrazone groups is 1. The van der Waals surface area contributed by atoms with E-state index in [1.165, 1.54) is 12.1 Å². The van der Waals surface area contributed by atoms with Gasteiger partial charge in [-0.3, -0.25) is 25.7 Å². The van der Waals surface area contributed by atoms with Gasteiger partial charge in [-0.1, -0.05) is 27.2 Å². The van der Waals surface area contributed by atoms with E-state index in [0.29, 0.717) is 5.92 Å². The topological polar surface area (TPSA) is 111 Å². The van der Waals surface area contributed by atoms with Crippen molar-refractivity contribution >= 4 is 22.8 Å². The van der Waals surface area contributed by atoms with E-state index < -0.39 is 9.85 Å². The monoisotopic (exact) mass is 308 g/mol. The fourth-order valence-electron chi connectivity index (χ4n) is 1.83. The zero-order chi connectivity index (χ0) is 16.7. The molecule has 1 aromatic carbocycles. The Balaban J connectivity index is 3.01. The van der Waals surface area contributed by atoms with Gasteiger partial charge < -0.3 is 0 Å². The Morgan fingerprint density at radius 2 is 1.95 bits per heavy atom. The molecule has 1 atom stereocenters. The third kappa shape index (κ3) is 4.80. The van der Waals surface area contributed by atoms with Crippen LogP contribution in [-0.2, 0) is 0 Å². The number of anilines is 1. The first kappa shape index (κ1) is 17.5. The zero-order valence-electron chi connectivity index (χ0n) is 12.9. The SMILES string of the molecule is CCC(C[C@H](C)CC)=NNc1ccc([N+](=O)[O-])cc1[N+](=O)[O-]. The van der Waals surface area contributed by atoms with Gasteiger partial charge >= 0.3 is 5.69 Å². The lowest BCUT2D eigenvalue weighted by molar-refractivity contribution is -0.393. The Morgan fingerprint density at radius 3 is 2.45 bits per heavy atom. The number of non-ortho nitro benzene ring substituents is 1. The Hall–Kier alpha value is -2.51. The molecule has 1 N–H and O–H groups in total. The van der Waals surface area contributed by atoms with Gasteiger partial charge in [0.15, 0.2) is 0 Å². The second kappa shape index (κ2) is 8.06. The standard InChI is InChI=1S/C14H20N4O4/c1-4-10(3)8-11(5-2)15-16-13-7-6-12(17(19)20)9-14(13)18(21)22/h6-7,9-10,16H,4-5,8H2,1-3H3/t10-/m1/s1. The molecule has 0 aliphatic rings. The van der Waals surface area contributed by atoms with E-state index in [4.69, 9.17) is 0 Å². The molecule has 0 radical (unpaired) electrons. The molecule has 0 aromatic heterocycles. The summed E-state index contributed by atoms with van der Waals surface area (Å²) in [5.74, 6) is 0.479. The Bertz CT molecular complexity index is 586. The maximum atomic E-state index is 11.0. The number of nitro benzene ring substituents is 2. The van der Waals surface area contributed by atoms with Gasteiger partial charge in [0, 0.05) is 11.8 Å². The van der Waals surface area contributed by atoms with Crippen molar-refractivity contribution in [1.82, 2.24) is 0 Å². The molecule has 0 amide bonds. The third-order valence-electron chi connectivity index (χ3n) is 3.41. The van der Waals surface area contributed by atoms with Crippen molar-refractivity contribution in [2.45, 2.75) is 40.0 Å². The highest BCUT2D eigenvalue weighted by Crippen LogP contribution is 2.29. The summed E-state index contributed by atoms with van der Waals surface area (Å²) in [4.78, 5) is 20.4. The predicted molar refractivity (Wildman–Crippen MR) is 85.2 cm³/mol. The molecular formula is C14H20N4O4. The van der Waals surface area contributed by atoms with Crippen LogP contribution in [0.1, 0.15) is 40.0 Å². The third-order valence-corrected chi connectivity index (χ3v) is 3.41. The molecular weight excluding hydrogens is 288 g/mol. The van der Waals surface area contributed by atoms with Gasteiger partial charge in [0.2, 0.25) is 0 Å². The Morgan fingerprint density at radius 1 is 1.27 bits per heavy atom. The molecule has 0 fully saturated rings. The Labute approximate surface area is 128 Å². The summed E-state index contributed by atoms with van der Waals surface area (Å²) in [6.07, 6.45) is 2.57. The molecule has 22 heavy (non-hydrogen) atoms. The number of nitro groups is 2. The number of hydrogen-bond donors (Lipinski definition) is 1. The molecule has 1 rings (SSSR count). The molecule has 0 saturated heterocycles. The highest BCUT2D eigenvalue weighted by molar-refractivity contribution is 5.85. The quantitative estimate of drug-likeness (QED) is 0.441. The number of benzene rings is 1. The van der Waals surface area contributed by atoms with Gasteiger partial charge in [0.05, 0.1) is 15.9 Å². The van der Waals surface area contributed by atoms with Crippen molar-refractivity contribution in [2.24, 2.45) is 11.0 Å². The van der Waals surface area contributed by atoms with Crippen LogP contribution in [0.2, 0.25) is 0 Å². The van der Waals surface area contributed by atoms with Gasteiger partial charge in [-0.05, 0) is 24.8 Å². The molecule has 0 unspecified atom stereocenters. The van der Waals surface area contributed by atoms with E-state index in [2.05, 4.69) is 24.4 Å². The molecule has 0 spiro atoms. The summed E-state index contributed by atoms with van der Waals surface area (Å²) in [5.41, 5.74) is 3.03. The summed E-state index contributed by atoms with van der Waals surface area (Å²) in [7, 11) is 0. The van der Waals surface area contributed by atoms with Crippen LogP contribution in [-0.4, -0.2) is 15.6 Å². The number of nitrogens with one attached hydrogen (secondary N) is 1. The van der Waals surface area contributed by atoms with Crippen LogP contribution in [0, 0.1) is 26.1 Å². The van der Waals surface area contributed by atoms with E-state index >= 15 is 0 Å². The lowest BCUT2D eigenvalue weighted by atomic mass is 10.0. The first-order valence-electron chi connectivity index (χ1n) is 7.13. The van der Waals surface area contributed by atoms with E-state index in [1.54, 1.807) is 0 Å². The van der Waals surface area contributed by atoms with Crippen LogP contribution in [0.5, 0.6) is 0 Å². The van der Waals surface area contributed by atoms with Crippen LogP contribution in [0.25, 0.3) is 0 Å². The maximum absolute atomic E-state index is 11.0. The zero-order valence-corrected chi connectivity index (χ0v) is 12.9. The number of hydrogen-bond acceptors (Lipinski definition) is 6. The average Bonchev–Trinajstić information content (AvgIpc) is 2.50. The molecule has 8 nitrogen and oxygen atoms in total. The fourth-order valence-corrected chi connectivity index (χ4v) is 1.83. The van der Waals surface area contributed by atoms with E-state index in [9.17, 15) is 20.2 Å². The van der Waals surface area contributed by atoms with Gasteiger partial charge in [0.1, 0.15) is 5.69 Å². The van der Waals surface area contributed by atoms with Crippen molar-refractivity contribution in [3.8, 4) is 0 Å². The number of rotatable bonds is 8. The normalized spacial score (nSPS) is 12.8. The molecule has 1 aromatic rings. The van der Waals surface area contributed by atoms with Gasteiger partial charge in [-0.25, -0.2) is 0 Å². The largest absolute Gasteiger partial charge is 0.301 e. The lowest BCUT2D eigenvalue weighted by Crippen LogP contribution is -2.07. The predicted octanol–water partition coefficient (Wildman–Crippen LogP) is 4.12. The smallest absolute Gasteiger partial charge is 0.272 e. The van der Waals surface area contributed by atoms with Crippen LogP contribution in [0.15, 0.2) is 23.3 Å². The van der Waals surface area contributed by atoms with Crippen LogP contribution in [0.4, 0.5) is 17.1 Å². The Kier molecular flexibility index (Phi) is 6.43. The summed E-state index contributed by atoms with van der Waals surface area (Å²) >= 11 is 0.